The van der Waals surface area contributed by atoms with Crippen molar-refractivity contribution in [3.05, 3.63) is 35.9 Å². The van der Waals surface area contributed by atoms with Crippen LogP contribution in [0.2, 0.25) is 0 Å². The molecule has 0 aliphatic rings. The summed E-state index contributed by atoms with van der Waals surface area (Å²) in [5.41, 5.74) is 0.629. The fraction of sp³-hybridized carbons (Fsp3) is 0.667. The Balaban J connectivity index is 2.00. The van der Waals surface area contributed by atoms with Gasteiger partial charge in [-0.15, -0.1) is 0 Å². The summed E-state index contributed by atoms with van der Waals surface area (Å²) >= 11 is 0. The van der Waals surface area contributed by atoms with Gasteiger partial charge in [0.2, 0.25) is 0 Å². The second-order valence-corrected chi connectivity index (χ2v) is 8.22. The molecular formula is C27H44O3. The lowest BCUT2D eigenvalue weighted by atomic mass is 10.0. The lowest BCUT2D eigenvalue weighted by Gasteiger charge is -2.07. The van der Waals surface area contributed by atoms with Crippen molar-refractivity contribution in [1.29, 1.82) is 0 Å². The first-order valence-corrected chi connectivity index (χ1v) is 12.2. The lowest BCUT2D eigenvalue weighted by molar-refractivity contribution is 0.104. The van der Waals surface area contributed by atoms with Gasteiger partial charge in [-0.1, -0.05) is 96.5 Å². The molecule has 170 valence electrons. The van der Waals surface area contributed by atoms with Gasteiger partial charge in [0, 0.05) is 5.56 Å². The van der Waals surface area contributed by atoms with Gasteiger partial charge in [0.05, 0.1) is 14.2 Å². The largest absolute Gasteiger partial charge is 0.493 e. The maximum atomic E-state index is 12.3. The number of benzene rings is 1. The summed E-state index contributed by atoms with van der Waals surface area (Å²) < 4.78 is 10.5. The Morgan fingerprint density at radius 1 is 0.733 bits per heavy atom. The van der Waals surface area contributed by atoms with Crippen molar-refractivity contribution >= 4 is 5.78 Å². The lowest BCUT2D eigenvalue weighted by Crippen LogP contribution is -1.97. The summed E-state index contributed by atoms with van der Waals surface area (Å²) in [6.45, 7) is 2.28. The quantitative estimate of drug-likeness (QED) is 0.129. The summed E-state index contributed by atoms with van der Waals surface area (Å²) in [5.74, 6) is 1.24. The molecule has 0 spiro atoms. The monoisotopic (exact) mass is 416 g/mol. The molecule has 0 unspecified atom stereocenters. The molecule has 3 heteroatoms. The van der Waals surface area contributed by atoms with Crippen LogP contribution >= 0.6 is 0 Å². The molecule has 0 saturated carbocycles. The fourth-order valence-corrected chi connectivity index (χ4v) is 3.73. The molecule has 0 aromatic heterocycles. The number of hydrogen-bond donors (Lipinski definition) is 0. The van der Waals surface area contributed by atoms with Crippen LogP contribution in [-0.2, 0) is 0 Å². The van der Waals surface area contributed by atoms with Crippen LogP contribution in [0, 0.1) is 0 Å². The molecule has 1 rings (SSSR count). The highest BCUT2D eigenvalue weighted by Gasteiger charge is 2.08. The van der Waals surface area contributed by atoms with Crippen molar-refractivity contribution in [2.24, 2.45) is 0 Å². The molecule has 0 amide bonds. The predicted molar refractivity (Wildman–Crippen MR) is 128 cm³/mol. The molecule has 0 heterocycles. The van der Waals surface area contributed by atoms with E-state index >= 15 is 0 Å². The Morgan fingerprint density at radius 3 is 1.73 bits per heavy atom. The summed E-state index contributed by atoms with van der Waals surface area (Å²) in [5, 5.41) is 0. The topological polar surface area (TPSA) is 35.5 Å². The van der Waals surface area contributed by atoms with Gasteiger partial charge in [0.25, 0.3) is 0 Å². The zero-order valence-electron chi connectivity index (χ0n) is 19.7. The number of ether oxygens (including phenoxy) is 2. The van der Waals surface area contributed by atoms with E-state index in [0.29, 0.717) is 17.1 Å². The van der Waals surface area contributed by atoms with Gasteiger partial charge in [-0.2, -0.15) is 0 Å². The van der Waals surface area contributed by atoms with E-state index < -0.39 is 0 Å². The molecule has 1 aromatic carbocycles. The molecule has 1 aromatic rings. The van der Waals surface area contributed by atoms with E-state index in [1.807, 2.05) is 6.08 Å². The van der Waals surface area contributed by atoms with Crippen LogP contribution in [0.25, 0.3) is 0 Å². The first-order valence-electron chi connectivity index (χ1n) is 12.2. The predicted octanol–water partition coefficient (Wildman–Crippen LogP) is 8.31. The number of ketones is 1. The number of allylic oxidation sites excluding steroid dienone is 2. The van der Waals surface area contributed by atoms with E-state index in [1.165, 1.54) is 83.5 Å². The van der Waals surface area contributed by atoms with E-state index in [4.69, 9.17) is 9.47 Å². The van der Waals surface area contributed by atoms with Crippen LogP contribution in [-0.4, -0.2) is 20.0 Å². The van der Waals surface area contributed by atoms with Gasteiger partial charge in [-0.05, 0) is 37.1 Å². The Labute approximate surface area is 185 Å². The van der Waals surface area contributed by atoms with Crippen LogP contribution in [0.15, 0.2) is 30.4 Å². The van der Waals surface area contributed by atoms with Gasteiger partial charge in [-0.25, -0.2) is 0 Å². The van der Waals surface area contributed by atoms with Crippen LogP contribution in [0.4, 0.5) is 0 Å². The first-order chi connectivity index (χ1) is 14.7. The van der Waals surface area contributed by atoms with Crippen molar-refractivity contribution in [2.75, 3.05) is 14.2 Å². The zero-order valence-corrected chi connectivity index (χ0v) is 19.7. The van der Waals surface area contributed by atoms with Crippen molar-refractivity contribution in [2.45, 2.75) is 103 Å². The summed E-state index contributed by atoms with van der Waals surface area (Å²) in [4.78, 5) is 12.3. The molecule has 0 saturated heterocycles. The molecule has 3 nitrogen and oxygen atoms in total. The van der Waals surface area contributed by atoms with Crippen LogP contribution in [0.5, 0.6) is 11.5 Å². The standard InChI is InChI=1S/C27H44O3/c1-4-5-6-7-8-9-10-11-12-13-14-15-16-17-18-19-20-25(28)24-21-22-26(29-2)27(23-24)30-3/h19-23H,4-18H2,1-3H3/b20-19+. The fourth-order valence-electron chi connectivity index (χ4n) is 3.73. The third kappa shape index (κ3) is 12.0. The van der Waals surface area contributed by atoms with Crippen molar-refractivity contribution in [1.82, 2.24) is 0 Å². The van der Waals surface area contributed by atoms with E-state index in [0.717, 1.165) is 12.8 Å². The zero-order chi connectivity index (χ0) is 21.9. The SMILES string of the molecule is CCCCCCCCCCCCCCCC/C=C/C(=O)c1ccc(OC)c(OC)c1. The molecule has 0 fully saturated rings. The average molecular weight is 417 g/mol. The molecule has 0 bridgehead atoms. The van der Waals surface area contributed by atoms with Gasteiger partial charge < -0.3 is 9.47 Å². The normalized spacial score (nSPS) is 11.2. The average Bonchev–Trinajstić information content (AvgIpc) is 2.78. The third-order valence-electron chi connectivity index (χ3n) is 5.66. The number of rotatable bonds is 19. The van der Waals surface area contributed by atoms with Gasteiger partial charge in [0.1, 0.15) is 0 Å². The Morgan fingerprint density at radius 2 is 1.23 bits per heavy atom. The third-order valence-corrected chi connectivity index (χ3v) is 5.66. The second-order valence-electron chi connectivity index (χ2n) is 8.22. The van der Waals surface area contributed by atoms with Crippen LogP contribution in [0.3, 0.4) is 0 Å². The minimum Gasteiger partial charge on any atom is -0.493 e. The van der Waals surface area contributed by atoms with E-state index in [2.05, 4.69) is 6.92 Å². The smallest absolute Gasteiger partial charge is 0.185 e. The minimum absolute atomic E-state index is 0.0151. The maximum Gasteiger partial charge on any atom is 0.185 e. The van der Waals surface area contributed by atoms with Crippen molar-refractivity contribution in [3.8, 4) is 11.5 Å². The van der Waals surface area contributed by atoms with Gasteiger partial charge in [-0.3, -0.25) is 4.79 Å². The molecule has 0 aliphatic heterocycles. The summed E-state index contributed by atoms with van der Waals surface area (Å²) in [6, 6.07) is 5.28. The summed E-state index contributed by atoms with van der Waals surface area (Å²) in [6.07, 6.45) is 23.8. The van der Waals surface area contributed by atoms with E-state index in [-0.39, 0.29) is 5.78 Å². The Hall–Kier alpha value is -1.77. The molecule has 0 atom stereocenters. The molecule has 0 N–H and O–H groups in total. The first kappa shape index (κ1) is 26.3. The number of methoxy groups -OCH3 is 2. The highest BCUT2D eigenvalue weighted by atomic mass is 16.5. The van der Waals surface area contributed by atoms with Crippen LogP contribution in [0.1, 0.15) is 114 Å². The number of carbonyl (C=O) groups excluding carboxylic acids is 1. The minimum atomic E-state index is 0.0151. The van der Waals surface area contributed by atoms with E-state index in [9.17, 15) is 4.79 Å². The molecule has 0 radical (unpaired) electrons. The van der Waals surface area contributed by atoms with Crippen molar-refractivity contribution < 1.29 is 14.3 Å². The molecule has 0 aliphatic carbocycles. The number of unbranched alkanes of at least 4 members (excludes halogenated alkanes) is 14. The van der Waals surface area contributed by atoms with Gasteiger partial charge in [0.15, 0.2) is 17.3 Å². The Kier molecular flexibility index (Phi) is 15.8. The summed E-state index contributed by atoms with van der Waals surface area (Å²) in [7, 11) is 3.17. The van der Waals surface area contributed by atoms with Crippen molar-refractivity contribution in [3.63, 3.8) is 0 Å². The van der Waals surface area contributed by atoms with Gasteiger partial charge >= 0.3 is 0 Å². The Bertz CT molecular complexity index is 592. The molecule has 30 heavy (non-hydrogen) atoms. The van der Waals surface area contributed by atoms with Crippen LogP contribution < -0.4 is 9.47 Å². The molecular weight excluding hydrogens is 372 g/mol. The second kappa shape index (κ2) is 18.0. The maximum absolute atomic E-state index is 12.3. The highest BCUT2D eigenvalue weighted by Crippen LogP contribution is 2.27. The van der Waals surface area contributed by atoms with E-state index in [1.54, 1.807) is 38.5 Å². The number of carbonyl (C=O) groups is 1. The highest BCUT2D eigenvalue weighted by molar-refractivity contribution is 6.04. The number of hydrogen-bond acceptors (Lipinski definition) is 3.